The average Bonchev–Trinajstić information content (AvgIpc) is 2.38. The van der Waals surface area contributed by atoms with Crippen molar-refractivity contribution in [3.05, 3.63) is 28.7 Å². The van der Waals surface area contributed by atoms with Gasteiger partial charge < -0.3 is 9.84 Å². The molecule has 19 heavy (non-hydrogen) atoms. The van der Waals surface area contributed by atoms with E-state index in [4.69, 9.17) is 4.74 Å². The maximum absolute atomic E-state index is 12.1. The number of sulfonamides is 1. The highest BCUT2D eigenvalue weighted by molar-refractivity contribution is 9.10. The number of benzene rings is 1. The third-order valence-corrected chi connectivity index (χ3v) is 5.08. The Labute approximate surface area is 121 Å². The van der Waals surface area contributed by atoms with E-state index in [0.29, 0.717) is 26.1 Å². The second-order valence-electron chi connectivity index (χ2n) is 4.62. The third-order valence-electron chi connectivity index (χ3n) is 3.14. The molecule has 0 radical (unpaired) electrons. The first-order chi connectivity index (χ1) is 8.91. The quantitative estimate of drug-likeness (QED) is 0.858. The molecule has 2 N–H and O–H groups in total. The predicted molar refractivity (Wildman–Crippen MR) is 74.3 cm³/mol. The zero-order valence-corrected chi connectivity index (χ0v) is 12.7. The summed E-state index contributed by atoms with van der Waals surface area (Å²) in [5.41, 5.74) is -1.01. The maximum atomic E-state index is 12.1. The number of hydrogen-bond acceptors (Lipinski definition) is 4. The highest BCUT2D eigenvalue weighted by Gasteiger charge is 2.31. The van der Waals surface area contributed by atoms with Gasteiger partial charge in [-0.15, -0.1) is 0 Å². The van der Waals surface area contributed by atoms with Crippen LogP contribution in [0.3, 0.4) is 0 Å². The molecule has 7 heteroatoms. The van der Waals surface area contributed by atoms with Crippen LogP contribution in [0.1, 0.15) is 12.8 Å². The summed E-state index contributed by atoms with van der Waals surface area (Å²) in [6, 6.07) is 6.36. The highest BCUT2D eigenvalue weighted by Crippen LogP contribution is 2.20. The second-order valence-corrected chi connectivity index (χ2v) is 7.30. The van der Waals surface area contributed by atoms with Crippen LogP contribution >= 0.6 is 15.9 Å². The zero-order valence-electron chi connectivity index (χ0n) is 10.3. The van der Waals surface area contributed by atoms with Crippen molar-refractivity contribution in [2.75, 3.05) is 19.8 Å². The van der Waals surface area contributed by atoms with Crippen molar-refractivity contribution in [1.29, 1.82) is 0 Å². The Morgan fingerprint density at radius 1 is 1.26 bits per heavy atom. The fourth-order valence-electron chi connectivity index (χ4n) is 1.85. The van der Waals surface area contributed by atoms with Gasteiger partial charge in [0.1, 0.15) is 0 Å². The lowest BCUT2D eigenvalue weighted by Gasteiger charge is -2.31. The van der Waals surface area contributed by atoms with Gasteiger partial charge >= 0.3 is 0 Å². The van der Waals surface area contributed by atoms with Crippen molar-refractivity contribution in [3.8, 4) is 0 Å². The Hall–Kier alpha value is -0.470. The van der Waals surface area contributed by atoms with Crippen LogP contribution in [0.4, 0.5) is 0 Å². The van der Waals surface area contributed by atoms with E-state index < -0.39 is 15.6 Å². The van der Waals surface area contributed by atoms with Crippen molar-refractivity contribution < 1.29 is 18.3 Å². The van der Waals surface area contributed by atoms with E-state index in [2.05, 4.69) is 20.7 Å². The molecule has 1 aromatic rings. The number of ether oxygens (including phenoxy) is 1. The molecule has 2 rings (SSSR count). The van der Waals surface area contributed by atoms with E-state index in [9.17, 15) is 13.5 Å². The van der Waals surface area contributed by atoms with Crippen molar-refractivity contribution in [2.24, 2.45) is 0 Å². The molecule has 5 nitrogen and oxygen atoms in total. The summed E-state index contributed by atoms with van der Waals surface area (Å²) in [4.78, 5) is 0.186. The molecule has 0 aliphatic carbocycles. The maximum Gasteiger partial charge on any atom is 0.240 e. The molecule has 0 unspecified atom stereocenters. The lowest BCUT2D eigenvalue weighted by molar-refractivity contribution is -0.0588. The van der Waals surface area contributed by atoms with Gasteiger partial charge in [-0.05, 0) is 24.3 Å². The number of rotatable bonds is 4. The minimum absolute atomic E-state index is 0.00869. The first-order valence-corrected chi connectivity index (χ1v) is 8.24. The predicted octanol–water partition coefficient (Wildman–Crippen LogP) is 1.27. The van der Waals surface area contributed by atoms with E-state index in [1.807, 2.05) is 0 Å². The minimum Gasteiger partial charge on any atom is -0.388 e. The van der Waals surface area contributed by atoms with Crippen molar-refractivity contribution >= 4 is 26.0 Å². The van der Waals surface area contributed by atoms with Crippen LogP contribution in [-0.2, 0) is 14.8 Å². The van der Waals surface area contributed by atoms with Gasteiger partial charge in [0, 0.05) is 37.1 Å². The Morgan fingerprint density at radius 3 is 2.42 bits per heavy atom. The van der Waals surface area contributed by atoms with Gasteiger partial charge in [0.05, 0.1) is 10.5 Å². The first-order valence-electron chi connectivity index (χ1n) is 5.97. The van der Waals surface area contributed by atoms with E-state index in [1.165, 1.54) is 12.1 Å². The largest absolute Gasteiger partial charge is 0.388 e. The van der Waals surface area contributed by atoms with Gasteiger partial charge in [-0.3, -0.25) is 0 Å². The van der Waals surface area contributed by atoms with Gasteiger partial charge in [-0.25, -0.2) is 13.1 Å². The molecular weight excluding hydrogens is 334 g/mol. The molecule has 0 atom stereocenters. The van der Waals surface area contributed by atoms with E-state index in [-0.39, 0.29) is 11.4 Å². The Kier molecular flexibility index (Phi) is 4.62. The fourth-order valence-corrected chi connectivity index (χ4v) is 3.24. The zero-order chi connectivity index (χ0) is 13.9. The lowest BCUT2D eigenvalue weighted by atomic mass is 9.95. The van der Waals surface area contributed by atoms with Gasteiger partial charge in [0.25, 0.3) is 0 Å². The summed E-state index contributed by atoms with van der Waals surface area (Å²) in [6.07, 6.45) is 0.881. The second kappa shape index (κ2) is 5.88. The summed E-state index contributed by atoms with van der Waals surface area (Å²) >= 11 is 3.25. The van der Waals surface area contributed by atoms with Crippen LogP contribution in [0.15, 0.2) is 33.6 Å². The topological polar surface area (TPSA) is 75.6 Å². The minimum atomic E-state index is -3.59. The van der Waals surface area contributed by atoms with Crippen LogP contribution in [-0.4, -0.2) is 38.9 Å². The van der Waals surface area contributed by atoms with Crippen LogP contribution in [0.25, 0.3) is 0 Å². The van der Waals surface area contributed by atoms with Crippen LogP contribution < -0.4 is 4.72 Å². The van der Waals surface area contributed by atoms with E-state index in [0.717, 1.165) is 4.47 Å². The Balaban J connectivity index is 2.03. The molecule has 1 aliphatic rings. The summed E-state index contributed by atoms with van der Waals surface area (Å²) in [5, 5.41) is 10.2. The molecule has 1 aliphatic heterocycles. The van der Waals surface area contributed by atoms with Gasteiger partial charge in [0.2, 0.25) is 10.0 Å². The smallest absolute Gasteiger partial charge is 0.240 e. The third kappa shape index (κ3) is 4.00. The molecule has 1 fully saturated rings. The Morgan fingerprint density at radius 2 is 1.84 bits per heavy atom. The summed E-state index contributed by atoms with van der Waals surface area (Å²) in [7, 11) is -3.59. The molecule has 1 aromatic carbocycles. The Bertz CT molecular complexity index is 523. The molecule has 0 aromatic heterocycles. The van der Waals surface area contributed by atoms with Crippen LogP contribution in [0, 0.1) is 0 Å². The first kappa shape index (κ1) is 14.9. The SMILES string of the molecule is O=S(=O)(NCC1(O)CCOCC1)c1ccc(Br)cc1. The molecule has 0 bridgehead atoms. The monoisotopic (exact) mass is 349 g/mol. The van der Waals surface area contributed by atoms with Crippen molar-refractivity contribution in [1.82, 2.24) is 4.72 Å². The molecule has 106 valence electrons. The number of halogens is 1. The average molecular weight is 350 g/mol. The molecule has 1 heterocycles. The van der Waals surface area contributed by atoms with Gasteiger partial charge in [-0.2, -0.15) is 0 Å². The molecule has 1 saturated heterocycles. The number of aliphatic hydroxyl groups is 1. The standard InChI is InChI=1S/C12H16BrNO4S/c13-10-1-3-11(4-2-10)19(16,17)14-9-12(15)5-7-18-8-6-12/h1-4,14-15H,5-9H2. The number of hydrogen-bond donors (Lipinski definition) is 2. The van der Waals surface area contributed by atoms with Gasteiger partial charge in [-0.1, -0.05) is 15.9 Å². The highest BCUT2D eigenvalue weighted by atomic mass is 79.9. The molecule has 0 spiro atoms. The van der Waals surface area contributed by atoms with Crippen LogP contribution in [0.2, 0.25) is 0 Å². The normalized spacial score (nSPS) is 19.3. The molecular formula is C12H16BrNO4S. The van der Waals surface area contributed by atoms with Crippen LogP contribution in [0.5, 0.6) is 0 Å². The summed E-state index contributed by atoms with van der Waals surface area (Å²) < 4.78 is 32.5. The summed E-state index contributed by atoms with van der Waals surface area (Å²) in [5.74, 6) is 0. The molecule has 0 amide bonds. The van der Waals surface area contributed by atoms with E-state index in [1.54, 1.807) is 12.1 Å². The van der Waals surface area contributed by atoms with Crippen molar-refractivity contribution in [3.63, 3.8) is 0 Å². The van der Waals surface area contributed by atoms with E-state index >= 15 is 0 Å². The fraction of sp³-hybridized carbons (Fsp3) is 0.500. The van der Waals surface area contributed by atoms with Crippen molar-refractivity contribution in [2.45, 2.75) is 23.3 Å². The van der Waals surface area contributed by atoms with Gasteiger partial charge in [0.15, 0.2) is 0 Å². The summed E-state index contributed by atoms with van der Waals surface area (Å²) in [6.45, 7) is 0.918. The number of nitrogens with one attached hydrogen (secondary N) is 1. The lowest BCUT2D eigenvalue weighted by Crippen LogP contribution is -2.46. The molecule has 0 saturated carbocycles.